The lowest BCUT2D eigenvalue weighted by Crippen LogP contribution is -2.36. The Morgan fingerprint density at radius 1 is 1.06 bits per heavy atom. The summed E-state index contributed by atoms with van der Waals surface area (Å²) in [6, 6.07) is 14.4. The average molecular weight is 478 g/mol. The van der Waals surface area contributed by atoms with E-state index < -0.39 is 5.92 Å². The molecule has 0 aromatic heterocycles. The van der Waals surface area contributed by atoms with Gasteiger partial charge in [0.15, 0.2) is 5.78 Å². The normalized spacial score (nSPS) is 23.1. The van der Waals surface area contributed by atoms with Crippen molar-refractivity contribution >= 4 is 23.4 Å². The van der Waals surface area contributed by atoms with Gasteiger partial charge in [-0.15, -0.1) is 0 Å². The number of aromatic hydroxyl groups is 1. The minimum Gasteiger partial charge on any atom is -0.508 e. The second kappa shape index (κ2) is 9.30. The van der Waals surface area contributed by atoms with Crippen LogP contribution in [-0.4, -0.2) is 23.0 Å². The van der Waals surface area contributed by atoms with Crippen molar-refractivity contribution in [3.05, 3.63) is 87.2 Å². The summed E-state index contributed by atoms with van der Waals surface area (Å²) in [5.41, 5.74) is 4.35. The predicted octanol–water partition coefficient (Wildman–Crippen LogP) is 5.89. The smallest absolute Gasteiger partial charge is 0.337 e. The Morgan fingerprint density at radius 3 is 2.50 bits per heavy atom. The van der Waals surface area contributed by atoms with Gasteiger partial charge >= 0.3 is 5.97 Å². The summed E-state index contributed by atoms with van der Waals surface area (Å²) < 4.78 is 5.87. The van der Waals surface area contributed by atoms with Gasteiger partial charge in [0.05, 0.1) is 5.57 Å². The number of phenols is 1. The molecular formula is C28H28ClNO4. The monoisotopic (exact) mass is 477 g/mol. The highest BCUT2D eigenvalue weighted by Crippen LogP contribution is 2.46. The van der Waals surface area contributed by atoms with Gasteiger partial charge in [-0.1, -0.05) is 35.9 Å². The Hall–Kier alpha value is -3.05. The highest BCUT2D eigenvalue weighted by Gasteiger charge is 2.42. The molecule has 176 valence electrons. The molecule has 34 heavy (non-hydrogen) atoms. The molecule has 5 rings (SSSR count). The minimum absolute atomic E-state index is 0.000657. The van der Waals surface area contributed by atoms with Gasteiger partial charge in [-0.05, 0) is 80.3 Å². The Bertz CT molecular complexity index is 1190. The third-order valence-corrected chi connectivity index (χ3v) is 7.42. The number of hydrogen-bond acceptors (Lipinski definition) is 5. The maximum atomic E-state index is 13.6. The van der Waals surface area contributed by atoms with Crippen molar-refractivity contribution in [3.8, 4) is 5.75 Å². The number of hydrogen-bond donors (Lipinski definition) is 2. The highest BCUT2D eigenvalue weighted by atomic mass is 35.5. The summed E-state index contributed by atoms with van der Waals surface area (Å²) in [5, 5.41) is 14.2. The van der Waals surface area contributed by atoms with Crippen LogP contribution in [0.25, 0.3) is 0 Å². The van der Waals surface area contributed by atoms with E-state index in [-0.39, 0.29) is 29.5 Å². The number of allylic oxidation sites excluding steroid dienone is 3. The van der Waals surface area contributed by atoms with Crippen LogP contribution in [0.4, 0.5) is 0 Å². The second-order valence-electron chi connectivity index (χ2n) is 9.48. The molecule has 1 heterocycles. The molecule has 6 heteroatoms. The van der Waals surface area contributed by atoms with Crippen LogP contribution in [0.1, 0.15) is 68.4 Å². The van der Waals surface area contributed by atoms with Gasteiger partial charge in [-0.3, -0.25) is 4.79 Å². The second-order valence-corrected chi connectivity index (χ2v) is 9.91. The molecule has 0 unspecified atom stereocenters. The van der Waals surface area contributed by atoms with Crippen molar-refractivity contribution in [1.29, 1.82) is 0 Å². The third-order valence-electron chi connectivity index (χ3n) is 7.17. The van der Waals surface area contributed by atoms with Crippen molar-refractivity contribution in [2.45, 2.75) is 63.4 Å². The topological polar surface area (TPSA) is 75.6 Å². The van der Waals surface area contributed by atoms with E-state index in [1.165, 1.54) is 0 Å². The Labute approximate surface area is 204 Å². The first-order valence-corrected chi connectivity index (χ1v) is 12.3. The molecule has 2 aromatic carbocycles. The Kier molecular flexibility index (Phi) is 6.22. The van der Waals surface area contributed by atoms with E-state index in [2.05, 4.69) is 5.32 Å². The predicted molar refractivity (Wildman–Crippen MR) is 130 cm³/mol. The van der Waals surface area contributed by atoms with Crippen LogP contribution >= 0.6 is 11.6 Å². The SMILES string of the molecule is CC1=C(C(=O)OC2CCCC2)[C@H](c2cccc(O)c2)C2=C(C[C@@H](c3ccc(Cl)cc3)CC2=O)N1. The number of rotatable bonds is 4. The standard InChI is InChI=1S/C28H28ClNO4/c1-16-25(28(33)34-22-7-2-3-8-22)26(18-5-4-6-21(31)13-18)27-23(30-16)14-19(15-24(27)32)17-9-11-20(29)12-10-17/h4-6,9-13,19,22,26,30-31H,2-3,7-8,14-15H2,1H3/t19-,26+/m1/s1. The first-order valence-electron chi connectivity index (χ1n) is 11.9. The summed E-state index contributed by atoms with van der Waals surface area (Å²) in [6.45, 7) is 1.86. The molecule has 0 spiro atoms. The van der Waals surface area contributed by atoms with E-state index in [0.717, 1.165) is 36.9 Å². The maximum absolute atomic E-state index is 13.6. The lowest BCUT2D eigenvalue weighted by Gasteiger charge is -2.37. The average Bonchev–Trinajstić information content (AvgIpc) is 3.31. The van der Waals surface area contributed by atoms with Crippen molar-refractivity contribution in [2.75, 3.05) is 0 Å². The molecule has 3 aliphatic rings. The van der Waals surface area contributed by atoms with Crippen LogP contribution in [0.5, 0.6) is 5.75 Å². The zero-order valence-corrected chi connectivity index (χ0v) is 19.9. The van der Waals surface area contributed by atoms with Crippen molar-refractivity contribution in [1.82, 2.24) is 5.32 Å². The minimum atomic E-state index is -0.573. The first kappa shape index (κ1) is 22.7. The van der Waals surface area contributed by atoms with Gasteiger partial charge < -0.3 is 15.2 Å². The van der Waals surface area contributed by atoms with E-state index in [1.54, 1.807) is 18.2 Å². The maximum Gasteiger partial charge on any atom is 0.337 e. The molecule has 2 aliphatic carbocycles. The molecule has 0 bridgehead atoms. The number of ether oxygens (including phenoxy) is 1. The lowest BCUT2D eigenvalue weighted by atomic mass is 9.71. The molecule has 1 aliphatic heterocycles. The quantitative estimate of drug-likeness (QED) is 0.537. The van der Waals surface area contributed by atoms with Gasteiger partial charge in [0, 0.05) is 34.3 Å². The van der Waals surface area contributed by atoms with Crippen molar-refractivity contribution < 1.29 is 19.4 Å². The number of nitrogens with one attached hydrogen (secondary N) is 1. The Balaban J connectivity index is 1.54. The van der Waals surface area contributed by atoms with E-state index in [9.17, 15) is 14.7 Å². The van der Waals surface area contributed by atoms with Gasteiger partial charge in [0.1, 0.15) is 11.9 Å². The summed E-state index contributed by atoms with van der Waals surface area (Å²) in [6.07, 6.45) is 4.79. The number of dihydropyridines is 1. The van der Waals surface area contributed by atoms with Gasteiger partial charge in [-0.2, -0.15) is 0 Å². The van der Waals surface area contributed by atoms with Crippen LogP contribution in [0.3, 0.4) is 0 Å². The fourth-order valence-electron chi connectivity index (χ4n) is 5.54. The number of ketones is 1. The zero-order chi connectivity index (χ0) is 23.8. The summed E-state index contributed by atoms with van der Waals surface area (Å²) in [4.78, 5) is 27.0. The molecule has 5 nitrogen and oxygen atoms in total. The number of Topliss-reactive ketones (excluding diaryl/α,β-unsaturated/α-hetero) is 1. The molecule has 1 saturated carbocycles. The van der Waals surface area contributed by atoms with E-state index >= 15 is 0 Å². The Morgan fingerprint density at radius 2 is 1.79 bits per heavy atom. The number of halogens is 1. The fourth-order valence-corrected chi connectivity index (χ4v) is 5.66. The van der Waals surface area contributed by atoms with Crippen LogP contribution in [0, 0.1) is 0 Å². The van der Waals surface area contributed by atoms with E-state index in [4.69, 9.17) is 16.3 Å². The summed E-state index contributed by atoms with van der Waals surface area (Å²) in [7, 11) is 0. The van der Waals surface area contributed by atoms with Crippen molar-refractivity contribution in [2.24, 2.45) is 0 Å². The molecule has 2 atom stereocenters. The van der Waals surface area contributed by atoms with Crippen LogP contribution in [-0.2, 0) is 14.3 Å². The number of carbonyl (C=O) groups is 2. The number of carbonyl (C=O) groups excluding carboxylic acids is 2. The molecule has 2 N–H and O–H groups in total. The zero-order valence-electron chi connectivity index (χ0n) is 19.1. The molecule has 2 aromatic rings. The number of esters is 1. The first-order chi connectivity index (χ1) is 16.4. The van der Waals surface area contributed by atoms with Crippen molar-refractivity contribution in [3.63, 3.8) is 0 Å². The van der Waals surface area contributed by atoms with E-state index in [0.29, 0.717) is 40.3 Å². The van der Waals surface area contributed by atoms with Gasteiger partial charge in [-0.25, -0.2) is 4.79 Å². The number of benzene rings is 2. The molecular weight excluding hydrogens is 450 g/mol. The summed E-state index contributed by atoms with van der Waals surface area (Å²) >= 11 is 6.06. The molecule has 0 amide bonds. The lowest BCUT2D eigenvalue weighted by molar-refractivity contribution is -0.144. The highest BCUT2D eigenvalue weighted by molar-refractivity contribution is 6.30. The van der Waals surface area contributed by atoms with Gasteiger partial charge in [0.2, 0.25) is 0 Å². The largest absolute Gasteiger partial charge is 0.508 e. The van der Waals surface area contributed by atoms with Crippen LogP contribution in [0.2, 0.25) is 5.02 Å². The van der Waals surface area contributed by atoms with Crippen LogP contribution in [0.15, 0.2) is 71.1 Å². The number of phenolic OH excluding ortho intramolecular Hbond substituents is 1. The third kappa shape index (κ3) is 4.37. The molecule has 1 fully saturated rings. The van der Waals surface area contributed by atoms with Crippen LogP contribution < -0.4 is 5.32 Å². The van der Waals surface area contributed by atoms with E-state index in [1.807, 2.05) is 37.3 Å². The molecule has 0 radical (unpaired) electrons. The summed E-state index contributed by atoms with van der Waals surface area (Å²) in [5.74, 6) is -0.830. The van der Waals surface area contributed by atoms with Gasteiger partial charge in [0.25, 0.3) is 0 Å². The molecule has 0 saturated heterocycles. The fraction of sp³-hybridized carbons (Fsp3) is 0.357.